The number of aryl methyl sites for hydroxylation is 2. The normalized spacial score (nSPS) is 10.2. The van der Waals surface area contributed by atoms with Crippen molar-refractivity contribution < 1.29 is 14.3 Å². The third-order valence-electron chi connectivity index (χ3n) is 3.37. The van der Waals surface area contributed by atoms with Gasteiger partial charge in [-0.15, -0.1) is 0 Å². The Hall–Kier alpha value is -2.82. The smallest absolute Gasteiger partial charge is 0.258 e. The highest BCUT2D eigenvalue weighted by atomic mass is 16.5. The summed E-state index contributed by atoms with van der Waals surface area (Å²) >= 11 is 0. The fourth-order valence-electron chi connectivity index (χ4n) is 2.05. The molecule has 0 fully saturated rings. The molecule has 0 atom stereocenters. The van der Waals surface area contributed by atoms with Crippen LogP contribution in [-0.4, -0.2) is 18.4 Å². The fourth-order valence-corrected chi connectivity index (χ4v) is 2.05. The summed E-state index contributed by atoms with van der Waals surface area (Å²) in [6, 6.07) is 13.0. The van der Waals surface area contributed by atoms with E-state index in [1.807, 2.05) is 38.1 Å². The monoisotopic (exact) mass is 312 g/mol. The number of ether oxygens (including phenoxy) is 1. The number of rotatable bonds is 6. The van der Waals surface area contributed by atoms with Gasteiger partial charge in [0.05, 0.1) is 5.56 Å². The van der Waals surface area contributed by atoms with E-state index in [9.17, 15) is 9.59 Å². The molecule has 0 heterocycles. The minimum atomic E-state index is -0.583. The summed E-state index contributed by atoms with van der Waals surface area (Å²) in [7, 11) is 0. The van der Waals surface area contributed by atoms with Gasteiger partial charge in [-0.05, 0) is 37.1 Å². The Morgan fingerprint density at radius 1 is 1.04 bits per heavy atom. The lowest BCUT2D eigenvalue weighted by molar-refractivity contribution is -0.123. The molecule has 0 saturated heterocycles. The molecule has 3 N–H and O–H groups in total. The minimum Gasteiger partial charge on any atom is -0.483 e. The van der Waals surface area contributed by atoms with Gasteiger partial charge < -0.3 is 15.8 Å². The first-order valence-electron chi connectivity index (χ1n) is 7.31. The van der Waals surface area contributed by atoms with Gasteiger partial charge in [-0.3, -0.25) is 9.59 Å². The number of nitrogens with two attached hydrogens (primary N) is 1. The van der Waals surface area contributed by atoms with Gasteiger partial charge in [0, 0.05) is 6.54 Å². The van der Waals surface area contributed by atoms with E-state index in [1.165, 1.54) is 5.56 Å². The summed E-state index contributed by atoms with van der Waals surface area (Å²) in [4.78, 5) is 23.2. The molecule has 2 rings (SSSR count). The molecule has 23 heavy (non-hydrogen) atoms. The van der Waals surface area contributed by atoms with Crippen LogP contribution in [0.1, 0.15) is 27.0 Å². The van der Waals surface area contributed by atoms with E-state index in [-0.39, 0.29) is 18.1 Å². The lowest BCUT2D eigenvalue weighted by Gasteiger charge is -2.11. The SMILES string of the molecule is Cc1ccc(CNC(=O)COc2cc(C)ccc2C(N)=O)cc1. The topological polar surface area (TPSA) is 81.4 Å². The molecule has 2 amide bonds. The molecule has 0 unspecified atom stereocenters. The van der Waals surface area contributed by atoms with E-state index in [2.05, 4.69) is 5.32 Å². The average molecular weight is 312 g/mol. The molecule has 0 aromatic heterocycles. The van der Waals surface area contributed by atoms with Gasteiger partial charge in [-0.2, -0.15) is 0 Å². The second kappa shape index (κ2) is 7.45. The molecule has 0 bridgehead atoms. The second-order valence-corrected chi connectivity index (χ2v) is 5.41. The van der Waals surface area contributed by atoms with E-state index >= 15 is 0 Å². The number of amides is 2. The molecule has 2 aromatic rings. The summed E-state index contributed by atoms with van der Waals surface area (Å²) in [6.45, 7) is 4.14. The van der Waals surface area contributed by atoms with Gasteiger partial charge in [-0.25, -0.2) is 0 Å². The Bertz CT molecular complexity index is 709. The lowest BCUT2D eigenvalue weighted by atomic mass is 10.1. The molecule has 0 aliphatic rings. The Kier molecular flexibility index (Phi) is 5.36. The van der Waals surface area contributed by atoms with Crippen molar-refractivity contribution in [2.45, 2.75) is 20.4 Å². The third-order valence-corrected chi connectivity index (χ3v) is 3.37. The van der Waals surface area contributed by atoms with E-state index in [1.54, 1.807) is 18.2 Å². The largest absolute Gasteiger partial charge is 0.483 e. The fraction of sp³-hybridized carbons (Fsp3) is 0.222. The number of hydrogen-bond acceptors (Lipinski definition) is 3. The van der Waals surface area contributed by atoms with Crippen molar-refractivity contribution in [2.75, 3.05) is 6.61 Å². The van der Waals surface area contributed by atoms with E-state index in [0.29, 0.717) is 12.3 Å². The van der Waals surface area contributed by atoms with Crippen LogP contribution in [0.3, 0.4) is 0 Å². The van der Waals surface area contributed by atoms with Gasteiger partial charge in [0.25, 0.3) is 11.8 Å². The van der Waals surface area contributed by atoms with Crippen LogP contribution in [0.15, 0.2) is 42.5 Å². The number of carbonyl (C=O) groups excluding carboxylic acids is 2. The van der Waals surface area contributed by atoms with Crippen molar-refractivity contribution in [1.82, 2.24) is 5.32 Å². The van der Waals surface area contributed by atoms with Crippen molar-refractivity contribution in [1.29, 1.82) is 0 Å². The molecular formula is C18H20N2O3. The van der Waals surface area contributed by atoms with Crippen molar-refractivity contribution in [3.05, 3.63) is 64.7 Å². The highest BCUT2D eigenvalue weighted by Crippen LogP contribution is 2.19. The van der Waals surface area contributed by atoms with Gasteiger partial charge in [-0.1, -0.05) is 35.9 Å². The predicted octanol–water partition coefficient (Wildman–Crippen LogP) is 2.10. The van der Waals surface area contributed by atoms with Gasteiger partial charge in [0.15, 0.2) is 6.61 Å². The van der Waals surface area contributed by atoms with Crippen LogP contribution in [-0.2, 0) is 11.3 Å². The zero-order chi connectivity index (χ0) is 16.8. The van der Waals surface area contributed by atoms with E-state index in [0.717, 1.165) is 11.1 Å². The minimum absolute atomic E-state index is 0.171. The molecule has 2 aromatic carbocycles. The molecular weight excluding hydrogens is 292 g/mol. The summed E-state index contributed by atoms with van der Waals surface area (Å²) in [5.41, 5.74) is 8.67. The first-order chi connectivity index (χ1) is 11.0. The third kappa shape index (κ3) is 4.85. The standard InChI is InChI=1S/C18H20N2O3/c1-12-3-6-14(7-4-12)10-20-17(21)11-23-16-9-13(2)5-8-15(16)18(19)22/h3-9H,10-11H2,1-2H3,(H2,19,22)(H,20,21). The number of hydrogen-bond donors (Lipinski definition) is 2. The highest BCUT2D eigenvalue weighted by molar-refractivity contribution is 5.95. The number of carbonyl (C=O) groups is 2. The number of benzene rings is 2. The van der Waals surface area contributed by atoms with Crippen LogP contribution >= 0.6 is 0 Å². The molecule has 0 spiro atoms. The summed E-state index contributed by atoms with van der Waals surface area (Å²) in [5, 5.41) is 2.77. The first kappa shape index (κ1) is 16.5. The van der Waals surface area contributed by atoms with Crippen LogP contribution < -0.4 is 15.8 Å². The Morgan fingerprint density at radius 2 is 1.70 bits per heavy atom. The van der Waals surface area contributed by atoms with Crippen LogP contribution in [0.2, 0.25) is 0 Å². The molecule has 0 saturated carbocycles. The van der Waals surface area contributed by atoms with E-state index < -0.39 is 5.91 Å². The molecule has 5 nitrogen and oxygen atoms in total. The maximum atomic E-state index is 11.9. The molecule has 0 radical (unpaired) electrons. The quantitative estimate of drug-likeness (QED) is 0.857. The van der Waals surface area contributed by atoms with Gasteiger partial charge in [0.2, 0.25) is 0 Å². The summed E-state index contributed by atoms with van der Waals surface area (Å²) < 4.78 is 5.44. The molecule has 0 aliphatic heterocycles. The average Bonchev–Trinajstić information content (AvgIpc) is 2.52. The summed E-state index contributed by atoms with van der Waals surface area (Å²) in [5.74, 6) is -0.523. The molecule has 5 heteroatoms. The van der Waals surface area contributed by atoms with Crippen molar-refractivity contribution in [3.63, 3.8) is 0 Å². The number of primary amides is 1. The first-order valence-corrected chi connectivity index (χ1v) is 7.31. The van der Waals surface area contributed by atoms with Crippen molar-refractivity contribution in [3.8, 4) is 5.75 Å². The number of nitrogens with one attached hydrogen (secondary N) is 1. The van der Waals surface area contributed by atoms with Gasteiger partial charge >= 0.3 is 0 Å². The Labute approximate surface area is 135 Å². The molecule has 120 valence electrons. The van der Waals surface area contributed by atoms with Crippen LogP contribution in [0.25, 0.3) is 0 Å². The van der Waals surface area contributed by atoms with Gasteiger partial charge in [0.1, 0.15) is 5.75 Å². The zero-order valence-electron chi connectivity index (χ0n) is 13.3. The maximum Gasteiger partial charge on any atom is 0.258 e. The van der Waals surface area contributed by atoms with E-state index in [4.69, 9.17) is 10.5 Å². The van der Waals surface area contributed by atoms with Crippen molar-refractivity contribution >= 4 is 11.8 Å². The highest BCUT2D eigenvalue weighted by Gasteiger charge is 2.11. The Balaban J connectivity index is 1.90. The summed E-state index contributed by atoms with van der Waals surface area (Å²) in [6.07, 6.45) is 0. The Morgan fingerprint density at radius 3 is 2.35 bits per heavy atom. The van der Waals surface area contributed by atoms with Crippen LogP contribution in [0, 0.1) is 13.8 Å². The predicted molar refractivity (Wildman–Crippen MR) is 88.2 cm³/mol. The van der Waals surface area contributed by atoms with Crippen LogP contribution in [0.5, 0.6) is 5.75 Å². The second-order valence-electron chi connectivity index (χ2n) is 5.41. The van der Waals surface area contributed by atoms with Crippen molar-refractivity contribution in [2.24, 2.45) is 5.73 Å². The maximum absolute atomic E-state index is 11.9. The van der Waals surface area contributed by atoms with Crippen LogP contribution in [0.4, 0.5) is 0 Å². The molecule has 0 aliphatic carbocycles. The zero-order valence-corrected chi connectivity index (χ0v) is 13.3. The lowest BCUT2D eigenvalue weighted by Crippen LogP contribution is -2.28.